The number of aryl methyl sites for hydroxylation is 1. The van der Waals surface area contributed by atoms with Gasteiger partial charge >= 0.3 is 0 Å². The molecule has 0 saturated heterocycles. The van der Waals surface area contributed by atoms with Crippen molar-refractivity contribution in [1.82, 2.24) is 14.8 Å². The van der Waals surface area contributed by atoms with Crippen molar-refractivity contribution < 1.29 is 0 Å². The van der Waals surface area contributed by atoms with E-state index in [0.717, 1.165) is 11.3 Å². The molecule has 0 aliphatic carbocycles. The Labute approximate surface area is 116 Å². The van der Waals surface area contributed by atoms with Gasteiger partial charge in [-0.15, -0.1) is 5.10 Å². The van der Waals surface area contributed by atoms with Gasteiger partial charge in [0.25, 0.3) is 0 Å². The minimum absolute atomic E-state index is 0.364. The van der Waals surface area contributed by atoms with Gasteiger partial charge in [-0.1, -0.05) is 42.0 Å². The van der Waals surface area contributed by atoms with E-state index in [1.54, 1.807) is 4.68 Å². The molecule has 19 heavy (non-hydrogen) atoms. The van der Waals surface area contributed by atoms with Crippen LogP contribution in [0.25, 0.3) is 17.1 Å². The Kier molecular flexibility index (Phi) is 3.05. The average Bonchev–Trinajstić information content (AvgIpc) is 2.82. The van der Waals surface area contributed by atoms with Crippen LogP contribution in [0.5, 0.6) is 0 Å². The molecule has 3 nitrogen and oxygen atoms in total. The molecule has 1 heterocycles. The van der Waals surface area contributed by atoms with E-state index in [1.165, 1.54) is 5.56 Å². The van der Waals surface area contributed by atoms with E-state index in [0.29, 0.717) is 11.1 Å². The SMILES string of the molecule is Cc1cccc(-c2nc(Cl)n(-c3ccccc3)n2)c1. The van der Waals surface area contributed by atoms with E-state index in [-0.39, 0.29) is 0 Å². The quantitative estimate of drug-likeness (QED) is 0.706. The minimum Gasteiger partial charge on any atom is -0.203 e. The molecule has 0 radical (unpaired) electrons. The van der Waals surface area contributed by atoms with Crippen molar-refractivity contribution in [2.24, 2.45) is 0 Å². The number of nitrogens with zero attached hydrogens (tertiary/aromatic N) is 3. The van der Waals surface area contributed by atoms with Crippen LogP contribution in [0.4, 0.5) is 0 Å². The van der Waals surface area contributed by atoms with Crippen LogP contribution in [0.3, 0.4) is 0 Å². The normalized spacial score (nSPS) is 10.6. The van der Waals surface area contributed by atoms with E-state index in [4.69, 9.17) is 11.6 Å². The van der Waals surface area contributed by atoms with Gasteiger partial charge < -0.3 is 0 Å². The smallest absolute Gasteiger partial charge is 0.203 e. The van der Waals surface area contributed by atoms with Gasteiger partial charge in [-0.05, 0) is 36.7 Å². The second-order valence-corrected chi connectivity index (χ2v) is 4.66. The average molecular weight is 270 g/mol. The fraction of sp³-hybridized carbons (Fsp3) is 0.0667. The van der Waals surface area contributed by atoms with Gasteiger partial charge in [-0.25, -0.2) is 4.68 Å². The van der Waals surface area contributed by atoms with Gasteiger partial charge in [0.05, 0.1) is 5.69 Å². The van der Waals surface area contributed by atoms with Crippen molar-refractivity contribution in [3.63, 3.8) is 0 Å². The summed E-state index contributed by atoms with van der Waals surface area (Å²) in [5, 5.41) is 4.83. The summed E-state index contributed by atoms with van der Waals surface area (Å²) in [7, 11) is 0. The molecule has 0 N–H and O–H groups in total. The highest BCUT2D eigenvalue weighted by atomic mass is 35.5. The van der Waals surface area contributed by atoms with Crippen molar-refractivity contribution in [3.05, 3.63) is 65.4 Å². The first-order valence-corrected chi connectivity index (χ1v) is 6.37. The van der Waals surface area contributed by atoms with E-state index in [9.17, 15) is 0 Å². The van der Waals surface area contributed by atoms with Crippen LogP contribution in [0, 0.1) is 6.92 Å². The highest BCUT2D eigenvalue weighted by Gasteiger charge is 2.10. The molecular formula is C15H12ClN3. The zero-order chi connectivity index (χ0) is 13.2. The van der Waals surface area contributed by atoms with Crippen LogP contribution in [-0.4, -0.2) is 14.8 Å². The fourth-order valence-corrected chi connectivity index (χ4v) is 2.15. The van der Waals surface area contributed by atoms with E-state index >= 15 is 0 Å². The molecule has 0 saturated carbocycles. The second-order valence-electron chi connectivity index (χ2n) is 4.32. The summed E-state index contributed by atoms with van der Waals surface area (Å²) in [6, 6.07) is 17.8. The topological polar surface area (TPSA) is 30.7 Å². The lowest BCUT2D eigenvalue weighted by Crippen LogP contribution is -1.96. The van der Waals surface area contributed by atoms with E-state index in [2.05, 4.69) is 10.1 Å². The lowest BCUT2D eigenvalue weighted by Gasteiger charge is -2.00. The number of aromatic nitrogens is 3. The third-order valence-corrected chi connectivity index (χ3v) is 3.09. The summed E-state index contributed by atoms with van der Waals surface area (Å²) in [5.74, 6) is 0.637. The Bertz CT molecular complexity index is 704. The van der Waals surface area contributed by atoms with Gasteiger partial charge in [0.1, 0.15) is 0 Å². The van der Waals surface area contributed by atoms with E-state index < -0.39 is 0 Å². The molecule has 0 aliphatic rings. The van der Waals surface area contributed by atoms with Crippen molar-refractivity contribution in [1.29, 1.82) is 0 Å². The first kappa shape index (κ1) is 11.9. The number of benzene rings is 2. The Balaban J connectivity index is 2.07. The first-order valence-electron chi connectivity index (χ1n) is 5.99. The molecule has 1 aromatic heterocycles. The number of hydrogen-bond donors (Lipinski definition) is 0. The second kappa shape index (κ2) is 4.86. The number of hydrogen-bond acceptors (Lipinski definition) is 2. The first-order chi connectivity index (χ1) is 9.24. The summed E-state index contributed by atoms with van der Waals surface area (Å²) >= 11 is 6.16. The Hall–Kier alpha value is -2.13. The van der Waals surface area contributed by atoms with E-state index in [1.807, 2.05) is 61.5 Å². The maximum absolute atomic E-state index is 6.16. The molecular weight excluding hydrogens is 258 g/mol. The largest absolute Gasteiger partial charge is 0.226 e. The molecule has 0 atom stereocenters. The molecule has 4 heteroatoms. The highest BCUT2D eigenvalue weighted by molar-refractivity contribution is 6.28. The Morgan fingerprint density at radius 2 is 1.79 bits per heavy atom. The molecule has 0 aliphatic heterocycles. The van der Waals surface area contributed by atoms with Crippen molar-refractivity contribution in [2.45, 2.75) is 6.92 Å². The maximum Gasteiger partial charge on any atom is 0.226 e. The van der Waals surface area contributed by atoms with Crippen molar-refractivity contribution in [2.75, 3.05) is 0 Å². The van der Waals surface area contributed by atoms with Crippen LogP contribution in [0.15, 0.2) is 54.6 Å². The molecule has 0 amide bonds. The number of para-hydroxylation sites is 1. The van der Waals surface area contributed by atoms with Crippen molar-refractivity contribution >= 4 is 11.6 Å². The Morgan fingerprint density at radius 3 is 2.53 bits per heavy atom. The predicted molar refractivity (Wildman–Crippen MR) is 76.5 cm³/mol. The molecule has 3 rings (SSSR count). The van der Waals surface area contributed by atoms with Crippen LogP contribution in [-0.2, 0) is 0 Å². The molecule has 0 bridgehead atoms. The monoisotopic (exact) mass is 269 g/mol. The summed E-state index contributed by atoms with van der Waals surface area (Å²) in [6.07, 6.45) is 0. The zero-order valence-corrected chi connectivity index (χ0v) is 11.2. The standard InChI is InChI=1S/C15H12ClN3/c1-11-6-5-7-12(10-11)14-17-15(16)19(18-14)13-8-3-2-4-9-13/h2-10H,1H3. The summed E-state index contributed by atoms with van der Waals surface area (Å²) in [6.45, 7) is 2.04. The third-order valence-electron chi connectivity index (χ3n) is 2.84. The van der Waals surface area contributed by atoms with Crippen LogP contribution >= 0.6 is 11.6 Å². The summed E-state index contributed by atoms with van der Waals surface area (Å²) in [4.78, 5) is 4.32. The molecule has 0 spiro atoms. The summed E-state index contributed by atoms with van der Waals surface area (Å²) in [5.41, 5.74) is 3.04. The lowest BCUT2D eigenvalue weighted by molar-refractivity contribution is 0.883. The molecule has 3 aromatic rings. The van der Waals surface area contributed by atoms with Gasteiger partial charge in [0.15, 0.2) is 5.82 Å². The molecule has 2 aromatic carbocycles. The molecule has 94 valence electrons. The molecule has 0 unspecified atom stereocenters. The molecule has 0 fully saturated rings. The third kappa shape index (κ3) is 2.37. The van der Waals surface area contributed by atoms with Gasteiger partial charge in [0.2, 0.25) is 5.28 Å². The lowest BCUT2D eigenvalue weighted by atomic mass is 10.1. The fourth-order valence-electron chi connectivity index (χ4n) is 1.93. The summed E-state index contributed by atoms with van der Waals surface area (Å²) < 4.78 is 1.64. The highest BCUT2D eigenvalue weighted by Crippen LogP contribution is 2.21. The number of rotatable bonds is 2. The van der Waals surface area contributed by atoms with Gasteiger partial charge in [-0.2, -0.15) is 4.98 Å². The zero-order valence-electron chi connectivity index (χ0n) is 10.4. The van der Waals surface area contributed by atoms with Crippen LogP contribution in [0.1, 0.15) is 5.56 Å². The predicted octanol–water partition coefficient (Wildman–Crippen LogP) is 3.90. The minimum atomic E-state index is 0.364. The number of halogens is 1. The van der Waals surface area contributed by atoms with Gasteiger partial charge in [-0.3, -0.25) is 0 Å². The van der Waals surface area contributed by atoms with Crippen molar-refractivity contribution in [3.8, 4) is 17.1 Å². The van der Waals surface area contributed by atoms with Crippen LogP contribution < -0.4 is 0 Å². The van der Waals surface area contributed by atoms with Gasteiger partial charge in [0, 0.05) is 5.56 Å². The van der Waals surface area contributed by atoms with Crippen LogP contribution in [0.2, 0.25) is 5.28 Å². The maximum atomic E-state index is 6.16. The Morgan fingerprint density at radius 1 is 1.00 bits per heavy atom.